The number of rotatable bonds is 10. The third kappa shape index (κ3) is 5.10. The molecule has 24 heavy (non-hydrogen) atoms. The second-order valence-electron chi connectivity index (χ2n) is 4.93. The highest BCUT2D eigenvalue weighted by atomic mass is 32.2. The Morgan fingerprint density at radius 2 is 2.12 bits per heavy atom. The molecular weight excluding hydrogens is 346 g/mol. The Hall–Kier alpha value is -1.80. The Labute approximate surface area is 150 Å². The number of aromatic nitrogens is 2. The fraction of sp³-hybridized carbons (Fsp3) is 0.438. The minimum absolute atomic E-state index is 0.0357. The van der Waals surface area contributed by atoms with E-state index in [0.29, 0.717) is 17.1 Å². The molecule has 0 amide bonds. The number of ether oxygens (including phenoxy) is 2. The zero-order valence-electron chi connectivity index (χ0n) is 14.0. The quantitative estimate of drug-likeness (QED) is 0.389. The van der Waals surface area contributed by atoms with Gasteiger partial charge < -0.3 is 14.8 Å². The number of thioether (sulfide) groups is 1. The second-order valence-corrected chi connectivity index (χ2v) is 7.13. The van der Waals surface area contributed by atoms with Gasteiger partial charge in [-0.2, -0.15) is 0 Å². The van der Waals surface area contributed by atoms with Crippen LogP contribution in [0, 0.1) is 0 Å². The van der Waals surface area contributed by atoms with Crippen molar-refractivity contribution in [2.75, 3.05) is 31.8 Å². The summed E-state index contributed by atoms with van der Waals surface area (Å²) in [5.41, 5.74) is 0.509. The zero-order valence-corrected chi connectivity index (χ0v) is 15.6. The number of benzene rings is 1. The number of nitrogens with one attached hydrogen (secondary N) is 1. The maximum atomic E-state index is 12.5. The SMILES string of the molecule is CCCCNc1nnc(SCC(=O)c2cc(OC)ccc2OC)s1. The Bertz CT molecular complexity index is 676. The lowest BCUT2D eigenvalue weighted by atomic mass is 10.1. The molecule has 0 aliphatic heterocycles. The first kappa shape index (κ1) is 18.5. The third-order valence-corrected chi connectivity index (χ3v) is 5.26. The summed E-state index contributed by atoms with van der Waals surface area (Å²) in [6.07, 6.45) is 2.22. The predicted octanol–water partition coefficient (Wildman–Crippen LogP) is 3.74. The molecule has 1 N–H and O–H groups in total. The van der Waals surface area contributed by atoms with Gasteiger partial charge >= 0.3 is 0 Å². The van der Waals surface area contributed by atoms with Crippen molar-refractivity contribution in [3.05, 3.63) is 23.8 Å². The van der Waals surface area contributed by atoms with Crippen LogP contribution in [0.15, 0.2) is 22.5 Å². The van der Waals surface area contributed by atoms with E-state index >= 15 is 0 Å². The first-order valence-corrected chi connectivity index (χ1v) is 9.43. The van der Waals surface area contributed by atoms with Crippen LogP contribution in [0.25, 0.3) is 0 Å². The summed E-state index contributed by atoms with van der Waals surface area (Å²) in [5, 5.41) is 12.2. The lowest BCUT2D eigenvalue weighted by Gasteiger charge is -2.09. The maximum absolute atomic E-state index is 12.5. The van der Waals surface area contributed by atoms with E-state index in [9.17, 15) is 4.79 Å². The summed E-state index contributed by atoms with van der Waals surface area (Å²) in [7, 11) is 3.11. The normalized spacial score (nSPS) is 10.5. The Morgan fingerprint density at radius 1 is 1.29 bits per heavy atom. The summed E-state index contributed by atoms with van der Waals surface area (Å²) in [5.74, 6) is 1.40. The maximum Gasteiger partial charge on any atom is 0.206 e. The van der Waals surface area contributed by atoms with Crippen molar-refractivity contribution >= 4 is 34.0 Å². The Kier molecular flexibility index (Phi) is 7.33. The van der Waals surface area contributed by atoms with Gasteiger partial charge in [-0.3, -0.25) is 4.79 Å². The number of hydrogen-bond acceptors (Lipinski definition) is 8. The van der Waals surface area contributed by atoms with Gasteiger partial charge in [0.15, 0.2) is 10.1 Å². The van der Waals surface area contributed by atoms with Gasteiger partial charge in [-0.05, 0) is 24.6 Å². The van der Waals surface area contributed by atoms with Crippen molar-refractivity contribution in [2.24, 2.45) is 0 Å². The Balaban J connectivity index is 1.95. The average Bonchev–Trinajstić information content (AvgIpc) is 3.07. The van der Waals surface area contributed by atoms with Crippen LogP contribution < -0.4 is 14.8 Å². The fourth-order valence-corrected chi connectivity index (χ4v) is 3.61. The third-order valence-electron chi connectivity index (χ3n) is 3.25. The molecule has 0 fully saturated rings. The molecule has 0 saturated heterocycles. The van der Waals surface area contributed by atoms with Crippen LogP contribution in [0.2, 0.25) is 0 Å². The monoisotopic (exact) mass is 367 g/mol. The van der Waals surface area contributed by atoms with Gasteiger partial charge in [-0.25, -0.2) is 0 Å². The summed E-state index contributed by atoms with van der Waals surface area (Å²) in [6.45, 7) is 3.03. The smallest absolute Gasteiger partial charge is 0.206 e. The first-order chi connectivity index (χ1) is 11.7. The molecule has 0 atom stereocenters. The molecule has 0 spiro atoms. The fourth-order valence-electron chi connectivity index (χ4n) is 1.95. The molecule has 0 aliphatic rings. The summed E-state index contributed by atoms with van der Waals surface area (Å²) in [6, 6.07) is 5.19. The van der Waals surface area contributed by atoms with E-state index in [-0.39, 0.29) is 11.5 Å². The average molecular weight is 367 g/mol. The minimum atomic E-state index is -0.0357. The lowest BCUT2D eigenvalue weighted by Crippen LogP contribution is -2.05. The number of unbranched alkanes of at least 4 members (excludes halogenated alkanes) is 1. The van der Waals surface area contributed by atoms with Crippen molar-refractivity contribution < 1.29 is 14.3 Å². The van der Waals surface area contributed by atoms with Gasteiger partial charge in [0.25, 0.3) is 0 Å². The molecule has 0 aliphatic carbocycles. The van der Waals surface area contributed by atoms with Crippen LogP contribution in [-0.2, 0) is 0 Å². The van der Waals surface area contributed by atoms with E-state index in [0.717, 1.165) is 28.9 Å². The highest BCUT2D eigenvalue weighted by Crippen LogP contribution is 2.29. The van der Waals surface area contributed by atoms with Gasteiger partial charge in [0.1, 0.15) is 11.5 Å². The standard InChI is InChI=1S/C16H21N3O3S2/c1-4-5-8-17-15-18-19-16(24-15)23-10-13(20)12-9-11(21-2)6-7-14(12)22-3/h6-7,9H,4-5,8,10H2,1-3H3,(H,17,18). The second kappa shape index (κ2) is 9.48. The summed E-state index contributed by atoms with van der Waals surface area (Å²) >= 11 is 2.83. The molecule has 1 heterocycles. The van der Waals surface area contributed by atoms with Crippen LogP contribution in [0.5, 0.6) is 11.5 Å². The molecule has 0 saturated carbocycles. The van der Waals surface area contributed by atoms with Crippen molar-refractivity contribution in [1.29, 1.82) is 0 Å². The van der Waals surface area contributed by atoms with E-state index in [1.807, 2.05) is 0 Å². The number of nitrogens with zero attached hydrogens (tertiary/aromatic N) is 2. The molecule has 0 radical (unpaired) electrons. The molecule has 1 aromatic carbocycles. The van der Waals surface area contributed by atoms with Gasteiger partial charge in [0, 0.05) is 6.54 Å². The molecule has 1 aromatic heterocycles. The molecule has 8 heteroatoms. The molecule has 0 bridgehead atoms. The van der Waals surface area contributed by atoms with Crippen LogP contribution in [0.4, 0.5) is 5.13 Å². The van der Waals surface area contributed by atoms with E-state index in [1.165, 1.54) is 23.1 Å². The highest BCUT2D eigenvalue weighted by Gasteiger charge is 2.15. The van der Waals surface area contributed by atoms with Crippen molar-refractivity contribution in [1.82, 2.24) is 10.2 Å². The van der Waals surface area contributed by atoms with Gasteiger partial charge in [-0.1, -0.05) is 36.4 Å². The van der Waals surface area contributed by atoms with Crippen molar-refractivity contribution in [3.63, 3.8) is 0 Å². The number of Topliss-reactive ketones (excluding diaryl/α,β-unsaturated/α-hetero) is 1. The number of carbonyl (C=O) groups excluding carboxylic acids is 1. The summed E-state index contributed by atoms with van der Waals surface area (Å²) < 4.78 is 11.2. The topological polar surface area (TPSA) is 73.3 Å². The molecule has 2 aromatic rings. The predicted molar refractivity (Wildman–Crippen MR) is 97.9 cm³/mol. The van der Waals surface area contributed by atoms with E-state index in [1.54, 1.807) is 32.4 Å². The Morgan fingerprint density at radius 3 is 2.83 bits per heavy atom. The van der Waals surface area contributed by atoms with Crippen molar-refractivity contribution in [3.8, 4) is 11.5 Å². The highest BCUT2D eigenvalue weighted by molar-refractivity contribution is 8.01. The minimum Gasteiger partial charge on any atom is -0.497 e. The van der Waals surface area contributed by atoms with Crippen LogP contribution in [0.1, 0.15) is 30.1 Å². The van der Waals surface area contributed by atoms with E-state index < -0.39 is 0 Å². The largest absolute Gasteiger partial charge is 0.497 e. The van der Waals surface area contributed by atoms with Gasteiger partial charge in [0.05, 0.1) is 25.5 Å². The molecule has 130 valence electrons. The molecule has 6 nitrogen and oxygen atoms in total. The molecule has 0 unspecified atom stereocenters. The lowest BCUT2D eigenvalue weighted by molar-refractivity contribution is 0.101. The molecular formula is C16H21N3O3S2. The van der Waals surface area contributed by atoms with Crippen LogP contribution >= 0.6 is 23.1 Å². The number of carbonyl (C=O) groups is 1. The summed E-state index contributed by atoms with van der Waals surface area (Å²) in [4.78, 5) is 12.5. The van der Waals surface area contributed by atoms with Gasteiger partial charge in [0.2, 0.25) is 5.13 Å². The number of methoxy groups -OCH3 is 2. The van der Waals surface area contributed by atoms with Crippen LogP contribution in [0.3, 0.4) is 0 Å². The first-order valence-electron chi connectivity index (χ1n) is 7.63. The van der Waals surface area contributed by atoms with Crippen molar-refractivity contribution in [2.45, 2.75) is 24.1 Å². The number of anilines is 1. The molecule has 2 rings (SSSR count). The van der Waals surface area contributed by atoms with E-state index in [4.69, 9.17) is 9.47 Å². The van der Waals surface area contributed by atoms with Crippen LogP contribution in [-0.4, -0.2) is 42.5 Å². The van der Waals surface area contributed by atoms with Gasteiger partial charge in [-0.15, -0.1) is 10.2 Å². The zero-order chi connectivity index (χ0) is 17.4. The van der Waals surface area contributed by atoms with E-state index in [2.05, 4.69) is 22.4 Å². The number of hydrogen-bond donors (Lipinski definition) is 1. The number of ketones is 1.